The second-order valence-electron chi connectivity index (χ2n) is 5.94. The third kappa shape index (κ3) is 3.86. The summed E-state index contributed by atoms with van der Waals surface area (Å²) >= 11 is 5.95. The zero-order chi connectivity index (χ0) is 18.0. The smallest absolute Gasteiger partial charge is 0.343 e. The van der Waals surface area contributed by atoms with Crippen LogP contribution in [0.3, 0.4) is 0 Å². The van der Waals surface area contributed by atoms with Crippen molar-refractivity contribution < 1.29 is 17.9 Å². The van der Waals surface area contributed by atoms with E-state index < -0.39 is 16.0 Å². The highest BCUT2D eigenvalue weighted by molar-refractivity contribution is 7.89. The molecular formula is C18H18ClNO4S. The van der Waals surface area contributed by atoms with Gasteiger partial charge in [0.2, 0.25) is 10.0 Å². The van der Waals surface area contributed by atoms with Gasteiger partial charge < -0.3 is 4.74 Å². The largest absolute Gasteiger partial charge is 0.423 e. The molecule has 0 amide bonds. The molecule has 7 heteroatoms. The summed E-state index contributed by atoms with van der Waals surface area (Å²) in [5, 5.41) is 0.594. The monoisotopic (exact) mass is 379 g/mol. The normalized spacial score (nSPS) is 15.3. The van der Waals surface area contributed by atoms with Crippen molar-refractivity contribution in [2.75, 3.05) is 13.1 Å². The Labute approximate surface area is 152 Å². The lowest BCUT2D eigenvalue weighted by atomic mass is 10.2. The van der Waals surface area contributed by atoms with Crippen LogP contribution in [-0.4, -0.2) is 31.8 Å². The Morgan fingerprint density at radius 2 is 1.72 bits per heavy atom. The van der Waals surface area contributed by atoms with Crippen LogP contribution in [0.1, 0.15) is 28.8 Å². The van der Waals surface area contributed by atoms with Crippen LogP contribution in [0, 0.1) is 6.92 Å². The molecule has 0 atom stereocenters. The van der Waals surface area contributed by atoms with E-state index in [0.29, 0.717) is 23.9 Å². The molecule has 1 saturated heterocycles. The van der Waals surface area contributed by atoms with Gasteiger partial charge in [-0.15, -0.1) is 0 Å². The van der Waals surface area contributed by atoms with E-state index in [9.17, 15) is 13.2 Å². The molecular weight excluding hydrogens is 362 g/mol. The highest BCUT2D eigenvalue weighted by Crippen LogP contribution is 2.23. The number of esters is 1. The Hall–Kier alpha value is -1.89. The Morgan fingerprint density at radius 1 is 1.08 bits per heavy atom. The molecule has 1 fully saturated rings. The summed E-state index contributed by atoms with van der Waals surface area (Å²) in [5.41, 5.74) is 1.09. The first kappa shape index (κ1) is 17.9. The van der Waals surface area contributed by atoms with Gasteiger partial charge in [0, 0.05) is 18.1 Å². The average Bonchev–Trinajstić information content (AvgIpc) is 3.14. The van der Waals surface area contributed by atoms with Crippen molar-refractivity contribution in [3.05, 3.63) is 58.6 Å². The zero-order valence-electron chi connectivity index (χ0n) is 13.7. The number of rotatable bonds is 4. The lowest BCUT2D eigenvalue weighted by Crippen LogP contribution is -2.27. The molecule has 0 N–H and O–H groups in total. The van der Waals surface area contributed by atoms with Crippen molar-refractivity contribution in [2.45, 2.75) is 24.7 Å². The van der Waals surface area contributed by atoms with Crippen molar-refractivity contribution in [3.8, 4) is 5.75 Å². The Balaban J connectivity index is 1.75. The van der Waals surface area contributed by atoms with E-state index in [1.165, 1.54) is 28.6 Å². The predicted octanol–water partition coefficient (Wildman–Crippen LogP) is 3.65. The maximum absolute atomic E-state index is 12.5. The van der Waals surface area contributed by atoms with Gasteiger partial charge in [0.15, 0.2) is 0 Å². The van der Waals surface area contributed by atoms with Crippen molar-refractivity contribution in [1.29, 1.82) is 0 Å². The first-order chi connectivity index (χ1) is 11.9. The van der Waals surface area contributed by atoms with Gasteiger partial charge in [-0.05, 0) is 67.8 Å². The van der Waals surface area contributed by atoms with Crippen LogP contribution >= 0.6 is 11.6 Å². The fourth-order valence-corrected chi connectivity index (χ4v) is 4.32. The minimum Gasteiger partial charge on any atom is -0.423 e. The molecule has 0 saturated carbocycles. The van der Waals surface area contributed by atoms with Crippen molar-refractivity contribution in [3.63, 3.8) is 0 Å². The van der Waals surface area contributed by atoms with E-state index in [2.05, 4.69) is 0 Å². The van der Waals surface area contributed by atoms with Gasteiger partial charge in [-0.3, -0.25) is 0 Å². The minimum atomic E-state index is -3.48. The highest BCUT2D eigenvalue weighted by atomic mass is 35.5. The molecule has 0 radical (unpaired) electrons. The molecule has 0 aliphatic carbocycles. The molecule has 25 heavy (non-hydrogen) atoms. The quantitative estimate of drug-likeness (QED) is 0.600. The number of ether oxygens (including phenoxy) is 1. The molecule has 0 aromatic heterocycles. The minimum absolute atomic E-state index is 0.188. The SMILES string of the molecule is Cc1cc(OC(=O)c2ccc(S(=O)(=O)N3CCCC3)cc2)ccc1Cl. The number of aryl methyl sites for hydroxylation is 1. The fraction of sp³-hybridized carbons (Fsp3) is 0.278. The van der Waals surface area contributed by atoms with Gasteiger partial charge in [0.1, 0.15) is 5.75 Å². The van der Waals surface area contributed by atoms with Crippen molar-refractivity contribution in [2.24, 2.45) is 0 Å². The molecule has 1 heterocycles. The van der Waals surface area contributed by atoms with Gasteiger partial charge in [-0.1, -0.05) is 11.6 Å². The average molecular weight is 380 g/mol. The second-order valence-corrected chi connectivity index (χ2v) is 8.28. The lowest BCUT2D eigenvalue weighted by Gasteiger charge is -2.15. The van der Waals surface area contributed by atoms with E-state index in [-0.39, 0.29) is 10.5 Å². The molecule has 0 unspecified atom stereocenters. The van der Waals surface area contributed by atoms with Gasteiger partial charge >= 0.3 is 5.97 Å². The third-order valence-corrected chi connectivity index (χ3v) is 6.47. The first-order valence-electron chi connectivity index (χ1n) is 7.96. The number of carbonyl (C=O) groups is 1. The molecule has 3 rings (SSSR count). The number of halogens is 1. The number of hydrogen-bond donors (Lipinski definition) is 0. The van der Waals surface area contributed by atoms with E-state index in [1.54, 1.807) is 18.2 Å². The van der Waals surface area contributed by atoms with Crippen LogP contribution in [0.25, 0.3) is 0 Å². The first-order valence-corrected chi connectivity index (χ1v) is 9.78. The number of benzene rings is 2. The van der Waals surface area contributed by atoms with Crippen molar-refractivity contribution in [1.82, 2.24) is 4.31 Å². The molecule has 2 aromatic rings. The standard InChI is InChI=1S/C18H18ClNO4S/c1-13-12-15(6-9-17(13)19)24-18(21)14-4-7-16(8-5-14)25(22,23)20-10-2-3-11-20/h4-9,12H,2-3,10-11H2,1H3. The van der Waals surface area contributed by atoms with E-state index in [4.69, 9.17) is 16.3 Å². The highest BCUT2D eigenvalue weighted by Gasteiger charge is 2.27. The summed E-state index contributed by atoms with van der Waals surface area (Å²) in [6.07, 6.45) is 1.76. The maximum Gasteiger partial charge on any atom is 0.343 e. The predicted molar refractivity (Wildman–Crippen MR) is 95.6 cm³/mol. The van der Waals surface area contributed by atoms with Gasteiger partial charge in [0.05, 0.1) is 10.5 Å². The maximum atomic E-state index is 12.5. The molecule has 1 aliphatic rings. The number of carbonyl (C=O) groups excluding carboxylic acids is 1. The zero-order valence-corrected chi connectivity index (χ0v) is 15.3. The van der Waals surface area contributed by atoms with Crippen LogP contribution in [0.2, 0.25) is 5.02 Å². The van der Waals surface area contributed by atoms with Crippen LogP contribution < -0.4 is 4.74 Å². The van der Waals surface area contributed by atoms with Crippen molar-refractivity contribution >= 4 is 27.6 Å². The number of sulfonamides is 1. The summed E-state index contributed by atoms with van der Waals surface area (Å²) in [5.74, 6) is -0.160. The molecule has 0 spiro atoms. The van der Waals surface area contributed by atoms with Gasteiger partial charge in [-0.25, -0.2) is 13.2 Å². The Kier molecular flexibility index (Phi) is 5.13. The molecule has 5 nitrogen and oxygen atoms in total. The van der Waals surface area contributed by atoms with Crippen LogP contribution in [0.5, 0.6) is 5.75 Å². The van der Waals surface area contributed by atoms with Crippen LogP contribution in [0.15, 0.2) is 47.4 Å². The Morgan fingerprint density at radius 3 is 2.32 bits per heavy atom. The molecule has 2 aromatic carbocycles. The second kappa shape index (κ2) is 7.15. The summed E-state index contributed by atoms with van der Waals surface area (Å²) in [4.78, 5) is 12.4. The van der Waals surface area contributed by atoms with E-state index >= 15 is 0 Å². The Bertz CT molecular complexity index is 888. The number of hydrogen-bond acceptors (Lipinski definition) is 4. The lowest BCUT2D eigenvalue weighted by molar-refractivity contribution is 0.0734. The fourth-order valence-electron chi connectivity index (χ4n) is 2.69. The van der Waals surface area contributed by atoms with E-state index in [1.807, 2.05) is 6.92 Å². The molecule has 0 bridgehead atoms. The van der Waals surface area contributed by atoms with Crippen LogP contribution in [0.4, 0.5) is 0 Å². The molecule has 132 valence electrons. The summed E-state index contributed by atoms with van der Waals surface area (Å²) in [6, 6.07) is 10.8. The van der Waals surface area contributed by atoms with E-state index in [0.717, 1.165) is 18.4 Å². The summed E-state index contributed by atoms with van der Waals surface area (Å²) in [6.45, 7) is 2.90. The van der Waals surface area contributed by atoms with Gasteiger partial charge in [0.25, 0.3) is 0 Å². The topological polar surface area (TPSA) is 63.7 Å². The summed E-state index contributed by atoms with van der Waals surface area (Å²) < 4.78 is 31.7. The number of nitrogens with zero attached hydrogens (tertiary/aromatic N) is 1. The van der Waals surface area contributed by atoms with Gasteiger partial charge in [-0.2, -0.15) is 4.31 Å². The molecule has 1 aliphatic heterocycles. The summed E-state index contributed by atoms with van der Waals surface area (Å²) in [7, 11) is -3.48. The van der Waals surface area contributed by atoms with Crippen LogP contribution in [-0.2, 0) is 10.0 Å². The third-order valence-electron chi connectivity index (χ3n) is 4.13.